The molecule has 0 aliphatic heterocycles. The van der Waals surface area contributed by atoms with Crippen LogP contribution >= 0.6 is 0 Å². The zero-order valence-electron chi connectivity index (χ0n) is 10.00. The first-order valence-electron chi connectivity index (χ1n) is 5.70. The summed E-state index contributed by atoms with van der Waals surface area (Å²) in [5.74, 6) is -1.25. The van der Waals surface area contributed by atoms with Crippen molar-refractivity contribution in [1.82, 2.24) is 4.31 Å². The lowest BCUT2D eigenvalue weighted by Crippen LogP contribution is -2.34. The summed E-state index contributed by atoms with van der Waals surface area (Å²) >= 11 is 0. The average Bonchev–Trinajstić information content (AvgIpc) is 2.72. The molecule has 0 bridgehead atoms. The highest BCUT2D eigenvalue weighted by Gasteiger charge is 2.29. The Balaban J connectivity index is 2.15. The summed E-state index contributed by atoms with van der Waals surface area (Å²) < 4.78 is 30.2. The maximum atomic E-state index is 12.1. The third-order valence-electron chi connectivity index (χ3n) is 3.20. The first kappa shape index (κ1) is 13.1. The fourth-order valence-electron chi connectivity index (χ4n) is 1.86. The molecule has 0 unspecified atom stereocenters. The highest BCUT2D eigenvalue weighted by Crippen LogP contribution is 2.28. The van der Waals surface area contributed by atoms with Crippen molar-refractivity contribution < 1.29 is 22.7 Å². The molecule has 1 aliphatic carbocycles. The van der Waals surface area contributed by atoms with Crippen molar-refractivity contribution in [3.05, 3.63) is 17.9 Å². The number of carbonyl (C=O) groups is 1. The zero-order valence-corrected chi connectivity index (χ0v) is 10.8. The minimum atomic E-state index is -3.72. The van der Waals surface area contributed by atoms with Gasteiger partial charge < -0.3 is 9.52 Å². The van der Waals surface area contributed by atoms with Crippen molar-refractivity contribution in [2.45, 2.75) is 24.4 Å². The number of hydrogen-bond donors (Lipinski definition) is 1. The minimum Gasteiger partial charge on any atom is -0.475 e. The van der Waals surface area contributed by atoms with Crippen molar-refractivity contribution >= 4 is 16.0 Å². The number of rotatable bonds is 5. The monoisotopic (exact) mass is 273 g/mol. The van der Waals surface area contributed by atoms with Gasteiger partial charge in [0.15, 0.2) is 0 Å². The van der Waals surface area contributed by atoms with Gasteiger partial charge in [0.25, 0.3) is 10.0 Å². The molecule has 100 valence electrons. The number of furan rings is 1. The van der Waals surface area contributed by atoms with Crippen molar-refractivity contribution in [2.24, 2.45) is 5.92 Å². The van der Waals surface area contributed by atoms with E-state index < -0.39 is 16.0 Å². The lowest BCUT2D eigenvalue weighted by Gasteiger charge is -2.29. The average molecular weight is 273 g/mol. The van der Waals surface area contributed by atoms with Crippen molar-refractivity contribution in [3.8, 4) is 0 Å². The number of aromatic carboxylic acids is 1. The molecule has 0 spiro atoms. The van der Waals surface area contributed by atoms with Gasteiger partial charge in [-0.15, -0.1) is 0 Å². The Kier molecular flexibility index (Phi) is 3.45. The van der Waals surface area contributed by atoms with Crippen LogP contribution in [-0.2, 0) is 10.0 Å². The lowest BCUT2D eigenvalue weighted by atomic mass is 9.86. The summed E-state index contributed by atoms with van der Waals surface area (Å²) in [5.41, 5.74) is 0. The minimum absolute atomic E-state index is 0.318. The topological polar surface area (TPSA) is 87.8 Å². The van der Waals surface area contributed by atoms with Gasteiger partial charge in [0, 0.05) is 13.6 Å². The van der Waals surface area contributed by atoms with Gasteiger partial charge in [-0.1, -0.05) is 6.42 Å². The smallest absolute Gasteiger partial charge is 0.371 e. The summed E-state index contributed by atoms with van der Waals surface area (Å²) in [5, 5.41) is 8.38. The van der Waals surface area contributed by atoms with Gasteiger partial charge in [-0.25, -0.2) is 13.2 Å². The molecule has 1 aromatic heterocycles. The molecule has 0 radical (unpaired) electrons. The van der Waals surface area contributed by atoms with Crippen LogP contribution in [0.25, 0.3) is 0 Å². The molecule has 0 amide bonds. The first-order valence-corrected chi connectivity index (χ1v) is 7.14. The van der Waals surface area contributed by atoms with E-state index in [0.717, 1.165) is 25.3 Å². The van der Waals surface area contributed by atoms with Crippen molar-refractivity contribution in [1.29, 1.82) is 0 Å². The number of nitrogens with zero attached hydrogens (tertiary/aromatic N) is 1. The second-order valence-corrected chi connectivity index (χ2v) is 6.48. The third kappa shape index (κ3) is 2.41. The van der Waals surface area contributed by atoms with Crippen molar-refractivity contribution in [2.75, 3.05) is 13.6 Å². The SMILES string of the molecule is CN(CC1CCC1)S(=O)(=O)c1ccc(C(=O)O)o1. The Bertz CT molecular complexity index is 544. The maximum absolute atomic E-state index is 12.1. The summed E-state index contributed by atoms with van der Waals surface area (Å²) in [6.07, 6.45) is 3.22. The lowest BCUT2D eigenvalue weighted by molar-refractivity contribution is 0.0656. The van der Waals surface area contributed by atoms with Gasteiger partial charge in [0.05, 0.1) is 0 Å². The molecule has 0 saturated heterocycles. The zero-order chi connectivity index (χ0) is 13.3. The van der Waals surface area contributed by atoms with Crippen LogP contribution in [-0.4, -0.2) is 37.4 Å². The number of hydrogen-bond acceptors (Lipinski definition) is 4. The Hall–Kier alpha value is -1.34. The van der Waals surface area contributed by atoms with Crippen LogP contribution in [0.15, 0.2) is 21.6 Å². The Labute approximate surface area is 105 Å². The number of carboxylic acid groups (broad SMARTS) is 1. The van der Waals surface area contributed by atoms with Crippen LogP contribution in [0, 0.1) is 5.92 Å². The van der Waals surface area contributed by atoms with E-state index >= 15 is 0 Å². The Morgan fingerprint density at radius 1 is 1.50 bits per heavy atom. The second kappa shape index (κ2) is 4.74. The highest BCUT2D eigenvalue weighted by atomic mass is 32.2. The molecule has 1 N–H and O–H groups in total. The molecule has 0 atom stereocenters. The van der Waals surface area contributed by atoms with E-state index in [4.69, 9.17) is 9.52 Å². The van der Waals surface area contributed by atoms with Crippen molar-refractivity contribution in [3.63, 3.8) is 0 Å². The quantitative estimate of drug-likeness (QED) is 0.876. The predicted octanol–water partition coefficient (Wildman–Crippen LogP) is 1.40. The normalized spacial score (nSPS) is 16.8. The first-order chi connectivity index (χ1) is 8.41. The van der Waals surface area contributed by atoms with E-state index in [0.29, 0.717) is 12.5 Å². The fourth-order valence-corrected chi connectivity index (χ4v) is 3.01. The van der Waals surface area contributed by atoms with E-state index in [1.165, 1.54) is 17.4 Å². The van der Waals surface area contributed by atoms with Gasteiger partial charge >= 0.3 is 5.97 Å². The maximum Gasteiger partial charge on any atom is 0.371 e. The molecule has 1 aromatic rings. The molecular weight excluding hydrogens is 258 g/mol. The van der Waals surface area contributed by atoms with Crippen LogP contribution in [0.4, 0.5) is 0 Å². The van der Waals surface area contributed by atoms with Crippen LogP contribution < -0.4 is 0 Å². The number of carboxylic acids is 1. The van der Waals surface area contributed by atoms with Gasteiger partial charge in [-0.3, -0.25) is 0 Å². The molecule has 0 aromatic carbocycles. The van der Waals surface area contributed by atoms with Gasteiger partial charge in [0.1, 0.15) is 0 Å². The van der Waals surface area contributed by atoms with E-state index in [2.05, 4.69) is 0 Å². The molecule has 1 fully saturated rings. The molecule has 1 aliphatic rings. The Morgan fingerprint density at radius 2 is 2.17 bits per heavy atom. The van der Waals surface area contributed by atoms with Crippen LogP contribution in [0.3, 0.4) is 0 Å². The third-order valence-corrected chi connectivity index (χ3v) is 4.89. The molecule has 1 saturated carbocycles. The molecule has 2 rings (SSSR count). The molecule has 6 nitrogen and oxygen atoms in total. The second-order valence-electron chi connectivity index (χ2n) is 4.51. The standard InChI is InChI=1S/C11H15NO5S/c1-12(7-8-3-2-4-8)18(15,16)10-6-5-9(17-10)11(13)14/h5-6,8H,2-4,7H2,1H3,(H,13,14). The summed E-state index contributed by atoms with van der Waals surface area (Å²) in [6, 6.07) is 2.32. The van der Waals surface area contributed by atoms with E-state index in [-0.39, 0.29) is 10.9 Å². The van der Waals surface area contributed by atoms with Gasteiger partial charge in [-0.05, 0) is 30.9 Å². The summed E-state index contributed by atoms with van der Waals surface area (Å²) in [4.78, 5) is 10.6. The number of sulfonamides is 1. The molecule has 7 heteroatoms. The van der Waals surface area contributed by atoms with Crippen LogP contribution in [0.1, 0.15) is 29.8 Å². The molecule has 18 heavy (non-hydrogen) atoms. The predicted molar refractivity (Wildman–Crippen MR) is 62.8 cm³/mol. The summed E-state index contributed by atoms with van der Waals surface area (Å²) in [6.45, 7) is 0.450. The largest absolute Gasteiger partial charge is 0.475 e. The Morgan fingerprint density at radius 3 is 2.61 bits per heavy atom. The van der Waals surface area contributed by atoms with E-state index in [1.54, 1.807) is 0 Å². The van der Waals surface area contributed by atoms with Gasteiger partial charge in [-0.2, -0.15) is 4.31 Å². The van der Waals surface area contributed by atoms with E-state index in [9.17, 15) is 13.2 Å². The van der Waals surface area contributed by atoms with Gasteiger partial charge in [0.2, 0.25) is 10.9 Å². The molecular formula is C11H15NO5S. The highest BCUT2D eigenvalue weighted by molar-refractivity contribution is 7.89. The van der Waals surface area contributed by atoms with Crippen LogP contribution in [0.2, 0.25) is 0 Å². The molecule has 1 heterocycles. The summed E-state index contributed by atoms with van der Waals surface area (Å²) in [7, 11) is -2.24. The van der Waals surface area contributed by atoms with E-state index in [1.807, 2.05) is 0 Å². The van der Waals surface area contributed by atoms with Crippen LogP contribution in [0.5, 0.6) is 0 Å². The fraction of sp³-hybridized carbons (Fsp3) is 0.545.